The second-order valence-corrected chi connectivity index (χ2v) is 17.4. The zero-order valence-corrected chi connectivity index (χ0v) is 41.3. The van der Waals surface area contributed by atoms with Crippen LogP contribution in [-0.4, -0.2) is 37.2 Å². The highest BCUT2D eigenvalue weighted by molar-refractivity contribution is 5.71. The molecule has 0 fully saturated rings. The lowest BCUT2D eigenvalue weighted by Gasteiger charge is -2.18. The lowest BCUT2D eigenvalue weighted by atomic mass is 10.1. The second kappa shape index (κ2) is 51.5. The third kappa shape index (κ3) is 49.7. The van der Waals surface area contributed by atoms with E-state index in [9.17, 15) is 14.4 Å². The molecular weight excluding hydrogens is 781 g/mol. The van der Waals surface area contributed by atoms with Gasteiger partial charge in [-0.1, -0.05) is 203 Å². The number of allylic oxidation sites excluding steroid dienone is 12. The van der Waals surface area contributed by atoms with Crippen molar-refractivity contribution in [1.82, 2.24) is 0 Å². The summed E-state index contributed by atoms with van der Waals surface area (Å²) in [6.07, 6.45) is 64.6. The van der Waals surface area contributed by atoms with Gasteiger partial charge in [0.05, 0.1) is 0 Å². The van der Waals surface area contributed by atoms with Crippen molar-refractivity contribution in [3.05, 3.63) is 72.9 Å². The van der Waals surface area contributed by atoms with Gasteiger partial charge in [0.1, 0.15) is 13.2 Å². The molecule has 0 saturated carbocycles. The molecule has 0 aromatic carbocycles. The van der Waals surface area contributed by atoms with Crippen LogP contribution in [0.15, 0.2) is 72.9 Å². The van der Waals surface area contributed by atoms with Gasteiger partial charge >= 0.3 is 17.9 Å². The number of rotatable bonds is 47. The number of unbranched alkanes of at least 4 members (excludes halogenated alkanes) is 25. The molecule has 1 atom stereocenters. The maximum atomic E-state index is 12.8. The van der Waals surface area contributed by atoms with Crippen molar-refractivity contribution in [1.29, 1.82) is 0 Å². The number of ether oxygens (including phenoxy) is 3. The van der Waals surface area contributed by atoms with E-state index in [0.29, 0.717) is 12.8 Å². The molecule has 0 aliphatic carbocycles. The molecule has 362 valence electrons. The summed E-state index contributed by atoms with van der Waals surface area (Å²) in [5.41, 5.74) is 0. The van der Waals surface area contributed by atoms with Gasteiger partial charge in [0.15, 0.2) is 6.10 Å². The lowest BCUT2D eigenvalue weighted by Crippen LogP contribution is -2.30. The number of hydrogen-bond donors (Lipinski definition) is 0. The predicted molar refractivity (Wildman–Crippen MR) is 270 cm³/mol. The molecule has 0 radical (unpaired) electrons. The normalized spacial score (nSPS) is 12.6. The standard InChI is InChI=1S/C57H98O6/c1-4-7-10-13-16-19-22-25-27-29-31-32-35-38-41-44-47-50-56(59)62-53-54(52-61-55(58)49-46-43-40-37-34-24-21-18-15-12-9-6-3)63-57(60)51-48-45-42-39-36-33-30-28-26-23-20-17-14-11-8-5-2/h9,12,18,21,25,27-28,30,33-34,36-37,54H,4-8,10-11,13-17,19-20,22-24,26,29,31-32,35,38-53H2,1-3H3/b12-9-,21-18-,27-25-,30-28-,36-33-,37-34-. The summed E-state index contributed by atoms with van der Waals surface area (Å²) in [4.78, 5) is 38.0. The summed E-state index contributed by atoms with van der Waals surface area (Å²) in [7, 11) is 0. The van der Waals surface area contributed by atoms with Crippen LogP contribution < -0.4 is 0 Å². The minimum Gasteiger partial charge on any atom is -0.462 e. The van der Waals surface area contributed by atoms with Gasteiger partial charge in [0, 0.05) is 19.3 Å². The van der Waals surface area contributed by atoms with Crippen molar-refractivity contribution in [2.75, 3.05) is 13.2 Å². The molecule has 0 heterocycles. The van der Waals surface area contributed by atoms with Crippen molar-refractivity contribution < 1.29 is 28.6 Å². The summed E-state index contributed by atoms with van der Waals surface area (Å²) in [5.74, 6) is -0.970. The molecule has 0 bridgehead atoms. The molecule has 6 heteroatoms. The van der Waals surface area contributed by atoms with Crippen LogP contribution in [0.4, 0.5) is 0 Å². The SMILES string of the molecule is CC/C=C\C/C=C\C/C=C\CCCCC(=O)OCC(COC(=O)CCCCCCCCC/C=C\CCCCCCCC)OC(=O)CCCCC/C=C\C=C/CCCCCCCCC. The van der Waals surface area contributed by atoms with Gasteiger partial charge in [0.25, 0.3) is 0 Å². The van der Waals surface area contributed by atoms with Crippen LogP contribution >= 0.6 is 0 Å². The summed E-state index contributed by atoms with van der Waals surface area (Å²) in [6, 6.07) is 0. The van der Waals surface area contributed by atoms with Crippen LogP contribution in [0.25, 0.3) is 0 Å². The third-order valence-corrected chi connectivity index (χ3v) is 11.2. The molecule has 0 amide bonds. The second-order valence-electron chi connectivity index (χ2n) is 17.4. The molecule has 0 aliphatic rings. The number of hydrogen-bond acceptors (Lipinski definition) is 6. The van der Waals surface area contributed by atoms with Crippen LogP contribution in [0.5, 0.6) is 0 Å². The first-order chi connectivity index (χ1) is 31.0. The van der Waals surface area contributed by atoms with Crippen LogP contribution in [0.3, 0.4) is 0 Å². The first-order valence-corrected chi connectivity index (χ1v) is 26.5. The highest BCUT2D eigenvalue weighted by Crippen LogP contribution is 2.14. The Balaban J connectivity index is 4.45. The Kier molecular flexibility index (Phi) is 48.9. The van der Waals surface area contributed by atoms with E-state index in [1.165, 1.54) is 122 Å². The van der Waals surface area contributed by atoms with Crippen molar-refractivity contribution in [3.8, 4) is 0 Å². The molecule has 0 saturated heterocycles. The fourth-order valence-corrected chi connectivity index (χ4v) is 7.21. The summed E-state index contributed by atoms with van der Waals surface area (Å²) >= 11 is 0. The van der Waals surface area contributed by atoms with Crippen molar-refractivity contribution >= 4 is 17.9 Å². The molecule has 0 aromatic rings. The lowest BCUT2D eigenvalue weighted by molar-refractivity contribution is -0.167. The molecule has 0 aliphatic heterocycles. The summed E-state index contributed by atoms with van der Waals surface area (Å²) < 4.78 is 16.7. The van der Waals surface area contributed by atoms with Crippen LogP contribution in [0.2, 0.25) is 0 Å². The van der Waals surface area contributed by atoms with Gasteiger partial charge in [-0.2, -0.15) is 0 Å². The fraction of sp³-hybridized carbons (Fsp3) is 0.737. The van der Waals surface area contributed by atoms with E-state index in [2.05, 4.69) is 93.7 Å². The Morgan fingerprint density at radius 2 is 0.667 bits per heavy atom. The smallest absolute Gasteiger partial charge is 0.306 e. The molecule has 0 rings (SSSR count). The maximum absolute atomic E-state index is 12.8. The summed E-state index contributed by atoms with van der Waals surface area (Å²) in [5, 5.41) is 0. The van der Waals surface area contributed by atoms with Crippen LogP contribution in [-0.2, 0) is 28.6 Å². The van der Waals surface area contributed by atoms with E-state index < -0.39 is 6.10 Å². The van der Waals surface area contributed by atoms with E-state index in [1.54, 1.807) is 0 Å². The van der Waals surface area contributed by atoms with Gasteiger partial charge in [-0.25, -0.2) is 0 Å². The zero-order chi connectivity index (χ0) is 45.8. The van der Waals surface area contributed by atoms with E-state index in [4.69, 9.17) is 14.2 Å². The van der Waals surface area contributed by atoms with Gasteiger partial charge in [-0.3, -0.25) is 14.4 Å². The largest absolute Gasteiger partial charge is 0.462 e. The molecule has 0 aromatic heterocycles. The molecular formula is C57H98O6. The monoisotopic (exact) mass is 879 g/mol. The first kappa shape index (κ1) is 59.9. The predicted octanol–water partition coefficient (Wildman–Crippen LogP) is 17.4. The minimum atomic E-state index is -0.806. The molecule has 1 unspecified atom stereocenters. The quantitative estimate of drug-likeness (QED) is 0.0199. The minimum absolute atomic E-state index is 0.101. The Morgan fingerprint density at radius 1 is 0.349 bits per heavy atom. The Hall–Kier alpha value is -3.15. The van der Waals surface area contributed by atoms with Gasteiger partial charge in [-0.05, 0) is 103 Å². The molecule has 0 N–H and O–H groups in total. The van der Waals surface area contributed by atoms with Crippen LogP contribution in [0, 0.1) is 0 Å². The number of carbonyl (C=O) groups is 3. The van der Waals surface area contributed by atoms with Gasteiger partial charge in [0.2, 0.25) is 0 Å². The van der Waals surface area contributed by atoms with Crippen molar-refractivity contribution in [2.45, 2.75) is 258 Å². The molecule has 0 spiro atoms. The fourth-order valence-electron chi connectivity index (χ4n) is 7.21. The maximum Gasteiger partial charge on any atom is 0.306 e. The Morgan fingerprint density at radius 3 is 1.13 bits per heavy atom. The van der Waals surface area contributed by atoms with Gasteiger partial charge in [-0.15, -0.1) is 0 Å². The van der Waals surface area contributed by atoms with Crippen molar-refractivity contribution in [3.63, 3.8) is 0 Å². The highest BCUT2D eigenvalue weighted by atomic mass is 16.6. The average Bonchev–Trinajstić information content (AvgIpc) is 3.28. The molecule has 6 nitrogen and oxygen atoms in total. The summed E-state index contributed by atoms with van der Waals surface area (Å²) in [6.45, 7) is 6.46. The van der Waals surface area contributed by atoms with E-state index in [1.807, 2.05) is 0 Å². The van der Waals surface area contributed by atoms with Gasteiger partial charge < -0.3 is 14.2 Å². The Labute approximate surface area is 389 Å². The first-order valence-electron chi connectivity index (χ1n) is 26.5. The zero-order valence-electron chi connectivity index (χ0n) is 41.3. The van der Waals surface area contributed by atoms with E-state index in [0.717, 1.165) is 89.9 Å². The van der Waals surface area contributed by atoms with Crippen molar-refractivity contribution in [2.24, 2.45) is 0 Å². The molecule has 63 heavy (non-hydrogen) atoms. The third-order valence-electron chi connectivity index (χ3n) is 11.2. The highest BCUT2D eigenvalue weighted by Gasteiger charge is 2.19. The number of esters is 3. The topological polar surface area (TPSA) is 78.9 Å². The van der Waals surface area contributed by atoms with Crippen LogP contribution in [0.1, 0.15) is 252 Å². The van der Waals surface area contributed by atoms with E-state index >= 15 is 0 Å². The van der Waals surface area contributed by atoms with E-state index in [-0.39, 0.29) is 37.5 Å². The average molecular weight is 879 g/mol. The Bertz CT molecular complexity index is 1190. The number of carbonyl (C=O) groups excluding carboxylic acids is 3.